The maximum atomic E-state index is 12.3. The van der Waals surface area contributed by atoms with Crippen LogP contribution in [0.4, 0.5) is 5.69 Å². The van der Waals surface area contributed by atoms with Gasteiger partial charge in [-0.1, -0.05) is 20.8 Å². The predicted molar refractivity (Wildman–Crippen MR) is 76.9 cm³/mol. The van der Waals surface area contributed by atoms with Crippen molar-refractivity contribution < 1.29 is 9.53 Å². The molecule has 1 aromatic heterocycles. The van der Waals surface area contributed by atoms with Crippen LogP contribution < -0.4 is 5.32 Å². The van der Waals surface area contributed by atoms with Crippen LogP contribution in [0.1, 0.15) is 41.5 Å². The van der Waals surface area contributed by atoms with Crippen LogP contribution >= 0.6 is 0 Å². The van der Waals surface area contributed by atoms with Crippen molar-refractivity contribution in [1.29, 1.82) is 0 Å². The van der Waals surface area contributed by atoms with Gasteiger partial charge in [0.15, 0.2) is 0 Å². The molecule has 1 heterocycles. The Morgan fingerprint density at radius 3 is 2.32 bits per heavy atom. The summed E-state index contributed by atoms with van der Waals surface area (Å²) in [6.07, 6.45) is 3.40. The molecule has 0 aliphatic carbocycles. The second-order valence-electron chi connectivity index (χ2n) is 6.72. The van der Waals surface area contributed by atoms with Crippen molar-refractivity contribution in [3.8, 4) is 0 Å². The van der Waals surface area contributed by atoms with Gasteiger partial charge in [-0.2, -0.15) is 0 Å². The van der Waals surface area contributed by atoms with Crippen LogP contribution in [0.25, 0.3) is 0 Å². The minimum Gasteiger partial charge on any atom is -0.458 e. The number of carbonyl (C=O) groups is 1. The van der Waals surface area contributed by atoms with Gasteiger partial charge in [-0.25, -0.2) is 4.79 Å². The summed E-state index contributed by atoms with van der Waals surface area (Å²) in [6, 6.07) is 3.30. The van der Waals surface area contributed by atoms with Crippen molar-refractivity contribution in [2.24, 2.45) is 5.41 Å². The Balaban J connectivity index is 2.88. The quantitative estimate of drug-likeness (QED) is 0.851. The molecular weight excluding hydrogens is 240 g/mol. The van der Waals surface area contributed by atoms with Gasteiger partial charge in [0.05, 0.1) is 5.69 Å². The fourth-order valence-corrected chi connectivity index (χ4v) is 1.60. The van der Waals surface area contributed by atoms with Crippen LogP contribution in [0.15, 0.2) is 24.5 Å². The second-order valence-corrected chi connectivity index (χ2v) is 6.72. The van der Waals surface area contributed by atoms with Crippen molar-refractivity contribution in [3.63, 3.8) is 0 Å². The molecule has 0 aliphatic heterocycles. The lowest BCUT2D eigenvalue weighted by Gasteiger charge is -2.32. The van der Waals surface area contributed by atoms with Gasteiger partial charge in [-0.3, -0.25) is 4.98 Å². The SMILES string of the molecule is CC(C)(C)OC(=O)C(Nc1cccnc1)C(C)(C)C. The Labute approximate surface area is 115 Å². The van der Waals surface area contributed by atoms with E-state index in [-0.39, 0.29) is 11.4 Å². The first-order chi connectivity index (χ1) is 8.59. The Morgan fingerprint density at radius 1 is 1.26 bits per heavy atom. The molecule has 4 nitrogen and oxygen atoms in total. The molecule has 0 aliphatic rings. The van der Waals surface area contributed by atoms with E-state index >= 15 is 0 Å². The maximum absolute atomic E-state index is 12.3. The predicted octanol–water partition coefficient (Wildman–Crippen LogP) is 3.25. The number of anilines is 1. The lowest BCUT2D eigenvalue weighted by molar-refractivity contribution is -0.158. The van der Waals surface area contributed by atoms with Gasteiger partial charge < -0.3 is 10.1 Å². The average molecular weight is 264 g/mol. The van der Waals surface area contributed by atoms with Crippen LogP contribution in [-0.4, -0.2) is 22.6 Å². The Bertz CT molecular complexity index is 416. The third-order valence-corrected chi connectivity index (χ3v) is 2.48. The Morgan fingerprint density at radius 2 is 1.89 bits per heavy atom. The zero-order chi connectivity index (χ0) is 14.7. The van der Waals surface area contributed by atoms with E-state index in [1.165, 1.54) is 0 Å². The van der Waals surface area contributed by atoms with E-state index in [1.807, 2.05) is 53.7 Å². The van der Waals surface area contributed by atoms with Crippen LogP contribution in [0.2, 0.25) is 0 Å². The molecule has 0 bridgehead atoms. The smallest absolute Gasteiger partial charge is 0.329 e. The number of pyridine rings is 1. The normalized spacial score (nSPS) is 13.8. The topological polar surface area (TPSA) is 51.2 Å². The minimum absolute atomic E-state index is 0.246. The first-order valence-corrected chi connectivity index (χ1v) is 6.49. The Hall–Kier alpha value is -1.58. The molecule has 1 unspecified atom stereocenters. The van der Waals surface area contributed by atoms with E-state index in [4.69, 9.17) is 4.74 Å². The summed E-state index contributed by atoms with van der Waals surface area (Å²) >= 11 is 0. The first kappa shape index (κ1) is 15.5. The van der Waals surface area contributed by atoms with Crippen molar-refractivity contribution >= 4 is 11.7 Å². The fourth-order valence-electron chi connectivity index (χ4n) is 1.60. The summed E-state index contributed by atoms with van der Waals surface area (Å²) in [5.41, 5.74) is 0.0725. The number of hydrogen-bond donors (Lipinski definition) is 1. The minimum atomic E-state index is -0.489. The van der Waals surface area contributed by atoms with Crippen molar-refractivity contribution in [3.05, 3.63) is 24.5 Å². The van der Waals surface area contributed by atoms with Gasteiger partial charge >= 0.3 is 5.97 Å². The molecular formula is C15H24N2O2. The molecule has 0 saturated carbocycles. The number of nitrogens with one attached hydrogen (secondary N) is 1. The van der Waals surface area contributed by atoms with Gasteiger partial charge in [0, 0.05) is 12.4 Å². The first-order valence-electron chi connectivity index (χ1n) is 6.49. The van der Waals surface area contributed by atoms with E-state index < -0.39 is 11.6 Å². The van der Waals surface area contributed by atoms with E-state index in [9.17, 15) is 4.79 Å². The summed E-state index contributed by atoms with van der Waals surface area (Å²) in [5.74, 6) is -0.246. The lowest BCUT2D eigenvalue weighted by Crippen LogP contribution is -2.44. The fraction of sp³-hybridized carbons (Fsp3) is 0.600. The van der Waals surface area contributed by atoms with Gasteiger partial charge in [0.25, 0.3) is 0 Å². The third kappa shape index (κ3) is 5.28. The number of rotatable bonds is 3. The molecule has 0 radical (unpaired) electrons. The highest BCUT2D eigenvalue weighted by Crippen LogP contribution is 2.25. The number of hydrogen-bond acceptors (Lipinski definition) is 4. The van der Waals surface area contributed by atoms with Gasteiger partial charge in [-0.15, -0.1) is 0 Å². The summed E-state index contributed by atoms with van der Waals surface area (Å²) in [5, 5.41) is 3.20. The third-order valence-electron chi connectivity index (χ3n) is 2.48. The molecule has 1 atom stereocenters. The lowest BCUT2D eigenvalue weighted by atomic mass is 9.86. The highest BCUT2D eigenvalue weighted by Gasteiger charge is 2.34. The summed E-state index contributed by atoms with van der Waals surface area (Å²) < 4.78 is 5.48. The average Bonchev–Trinajstić information content (AvgIpc) is 2.23. The van der Waals surface area contributed by atoms with Gasteiger partial charge in [0.2, 0.25) is 0 Å². The largest absolute Gasteiger partial charge is 0.458 e. The zero-order valence-electron chi connectivity index (χ0n) is 12.7. The highest BCUT2D eigenvalue weighted by molar-refractivity contribution is 5.80. The number of aromatic nitrogens is 1. The molecule has 0 saturated heterocycles. The summed E-state index contributed by atoms with van der Waals surface area (Å²) in [7, 11) is 0. The number of nitrogens with zero attached hydrogens (tertiary/aromatic N) is 1. The van der Waals surface area contributed by atoms with Crippen LogP contribution in [0, 0.1) is 5.41 Å². The highest BCUT2D eigenvalue weighted by atomic mass is 16.6. The van der Waals surface area contributed by atoms with E-state index in [0.29, 0.717) is 0 Å². The molecule has 1 rings (SSSR count). The van der Waals surface area contributed by atoms with Crippen molar-refractivity contribution in [2.45, 2.75) is 53.2 Å². The molecule has 19 heavy (non-hydrogen) atoms. The monoisotopic (exact) mass is 264 g/mol. The Kier molecular flexibility index (Phi) is 4.56. The summed E-state index contributed by atoms with van der Waals surface area (Å²) in [4.78, 5) is 16.3. The molecule has 0 amide bonds. The number of esters is 1. The van der Waals surface area contributed by atoms with E-state index in [2.05, 4.69) is 10.3 Å². The molecule has 1 N–H and O–H groups in total. The van der Waals surface area contributed by atoms with Crippen LogP contribution in [0.3, 0.4) is 0 Å². The molecule has 0 fully saturated rings. The summed E-state index contributed by atoms with van der Waals surface area (Å²) in [6.45, 7) is 11.6. The number of carbonyl (C=O) groups excluding carboxylic acids is 1. The van der Waals surface area contributed by atoms with Crippen LogP contribution in [-0.2, 0) is 9.53 Å². The molecule has 1 aromatic rings. The van der Waals surface area contributed by atoms with Gasteiger partial charge in [-0.05, 0) is 38.3 Å². The van der Waals surface area contributed by atoms with Crippen LogP contribution in [0.5, 0.6) is 0 Å². The molecule has 106 valence electrons. The standard InChI is InChI=1S/C15H24N2O2/c1-14(2,3)12(13(18)19-15(4,5)6)17-11-8-7-9-16-10-11/h7-10,12,17H,1-6H3. The van der Waals surface area contributed by atoms with Crippen molar-refractivity contribution in [2.75, 3.05) is 5.32 Å². The number of ether oxygens (including phenoxy) is 1. The van der Waals surface area contributed by atoms with E-state index in [0.717, 1.165) is 5.69 Å². The zero-order valence-corrected chi connectivity index (χ0v) is 12.7. The van der Waals surface area contributed by atoms with E-state index in [1.54, 1.807) is 12.4 Å². The molecule has 0 spiro atoms. The molecule has 0 aromatic carbocycles. The molecule has 4 heteroatoms. The maximum Gasteiger partial charge on any atom is 0.329 e. The van der Waals surface area contributed by atoms with Crippen molar-refractivity contribution in [1.82, 2.24) is 4.98 Å². The second kappa shape index (κ2) is 5.59. The van der Waals surface area contributed by atoms with Gasteiger partial charge in [0.1, 0.15) is 11.6 Å².